The number of carbonyl (C=O) groups excluding carboxylic acids is 1. The quantitative estimate of drug-likeness (QED) is 0.193. The van der Waals surface area contributed by atoms with E-state index in [1.165, 1.54) is 44.9 Å². The summed E-state index contributed by atoms with van der Waals surface area (Å²) < 4.78 is 34.3. The number of hydrogen-bond acceptors (Lipinski definition) is 2. The molecule has 0 heterocycles. The van der Waals surface area contributed by atoms with Crippen LogP contribution in [-0.2, 0) is 11.2 Å². The molecule has 0 saturated heterocycles. The van der Waals surface area contributed by atoms with Crippen LogP contribution in [-0.4, -0.2) is 5.97 Å². The molecule has 4 rings (SSSR count). The van der Waals surface area contributed by atoms with Crippen molar-refractivity contribution in [1.82, 2.24) is 0 Å². The Morgan fingerprint density at radius 3 is 2.19 bits per heavy atom. The minimum Gasteiger partial charge on any atom is -0.426 e. The first-order valence-electron chi connectivity index (χ1n) is 14.4. The molecular weight excluding hydrogens is 454 g/mol. The van der Waals surface area contributed by atoms with E-state index in [1.54, 1.807) is 0 Å². The van der Waals surface area contributed by atoms with Gasteiger partial charge in [0.1, 0.15) is 17.4 Å². The van der Waals surface area contributed by atoms with Gasteiger partial charge in [0.2, 0.25) is 0 Å². The molecule has 1 aromatic carbocycles. The molecule has 198 valence electrons. The van der Waals surface area contributed by atoms with Crippen molar-refractivity contribution >= 4 is 5.97 Å². The summed E-state index contributed by atoms with van der Waals surface area (Å²) in [7, 11) is 0. The molecule has 2 nitrogen and oxygen atoms in total. The Balaban J connectivity index is 1.23. The van der Waals surface area contributed by atoms with Gasteiger partial charge in [-0.25, -0.2) is 8.78 Å². The van der Waals surface area contributed by atoms with Crippen LogP contribution in [0.5, 0.6) is 5.75 Å². The minimum atomic E-state index is -0.642. The third-order valence-electron chi connectivity index (χ3n) is 9.44. The first-order valence-corrected chi connectivity index (χ1v) is 14.4. The first-order chi connectivity index (χ1) is 17.5. The van der Waals surface area contributed by atoms with Crippen LogP contribution in [0, 0.1) is 47.1 Å². The smallest absolute Gasteiger partial charge is 0.314 e. The van der Waals surface area contributed by atoms with E-state index in [4.69, 9.17) is 4.74 Å². The Morgan fingerprint density at radius 2 is 1.53 bits per heavy atom. The molecule has 3 fully saturated rings. The van der Waals surface area contributed by atoms with E-state index in [0.29, 0.717) is 18.8 Å². The second kappa shape index (κ2) is 13.0. The second-order valence-electron chi connectivity index (χ2n) is 11.6. The summed E-state index contributed by atoms with van der Waals surface area (Å²) in [6.45, 7) is 5.77. The van der Waals surface area contributed by atoms with Gasteiger partial charge in [-0.05, 0) is 120 Å². The molecule has 0 aromatic heterocycles. The summed E-state index contributed by atoms with van der Waals surface area (Å²) in [4.78, 5) is 12.8. The lowest BCUT2D eigenvalue weighted by molar-refractivity contribution is -0.140. The van der Waals surface area contributed by atoms with E-state index in [-0.39, 0.29) is 23.2 Å². The van der Waals surface area contributed by atoms with Gasteiger partial charge in [0.15, 0.2) is 0 Å². The third-order valence-corrected chi connectivity index (χ3v) is 9.44. The second-order valence-corrected chi connectivity index (χ2v) is 11.6. The highest BCUT2D eigenvalue weighted by atomic mass is 19.1. The zero-order chi connectivity index (χ0) is 25.5. The number of benzene rings is 1. The van der Waals surface area contributed by atoms with Gasteiger partial charge in [-0.15, -0.1) is 6.58 Å². The molecule has 0 aliphatic heterocycles. The van der Waals surface area contributed by atoms with Crippen LogP contribution < -0.4 is 4.74 Å². The lowest BCUT2D eigenvalue weighted by Gasteiger charge is -2.45. The first kappa shape index (κ1) is 27.1. The predicted molar refractivity (Wildman–Crippen MR) is 142 cm³/mol. The number of allylic oxidation sites excluding steroid dienone is 3. The van der Waals surface area contributed by atoms with E-state index in [1.807, 2.05) is 19.1 Å². The maximum absolute atomic E-state index is 14.4. The van der Waals surface area contributed by atoms with Gasteiger partial charge in [-0.1, -0.05) is 24.6 Å². The van der Waals surface area contributed by atoms with E-state index >= 15 is 0 Å². The van der Waals surface area contributed by atoms with Crippen LogP contribution in [0.2, 0.25) is 0 Å². The zero-order valence-electron chi connectivity index (χ0n) is 22.0. The predicted octanol–water partition coefficient (Wildman–Crippen LogP) is 8.98. The van der Waals surface area contributed by atoms with Crippen molar-refractivity contribution in [3.8, 4) is 5.75 Å². The van der Waals surface area contributed by atoms with Gasteiger partial charge < -0.3 is 4.74 Å². The number of carbonyl (C=O) groups is 1. The number of halogens is 2. The van der Waals surface area contributed by atoms with Crippen LogP contribution >= 0.6 is 0 Å². The average Bonchev–Trinajstić information content (AvgIpc) is 2.88. The average molecular weight is 499 g/mol. The Morgan fingerprint density at radius 1 is 0.917 bits per heavy atom. The largest absolute Gasteiger partial charge is 0.426 e. The van der Waals surface area contributed by atoms with Crippen molar-refractivity contribution in [2.24, 2.45) is 35.5 Å². The van der Waals surface area contributed by atoms with E-state index < -0.39 is 11.6 Å². The lowest BCUT2D eigenvalue weighted by Crippen LogP contribution is -2.35. The highest BCUT2D eigenvalue weighted by Gasteiger charge is 2.39. The summed E-state index contributed by atoms with van der Waals surface area (Å²) in [6.07, 6.45) is 21.2. The molecule has 4 unspecified atom stereocenters. The molecule has 4 heteroatoms. The lowest BCUT2D eigenvalue weighted by atomic mass is 9.60. The van der Waals surface area contributed by atoms with Crippen LogP contribution in [0.4, 0.5) is 8.78 Å². The number of rotatable bonds is 9. The zero-order valence-corrected chi connectivity index (χ0v) is 22.0. The molecule has 3 aliphatic carbocycles. The van der Waals surface area contributed by atoms with Gasteiger partial charge in [0.05, 0.1) is 5.92 Å². The number of fused-ring (bicyclic) bond motifs is 1. The fourth-order valence-corrected chi connectivity index (χ4v) is 7.36. The van der Waals surface area contributed by atoms with Gasteiger partial charge in [-0.2, -0.15) is 0 Å². The molecule has 0 N–H and O–H groups in total. The van der Waals surface area contributed by atoms with Gasteiger partial charge in [0.25, 0.3) is 0 Å². The van der Waals surface area contributed by atoms with E-state index in [0.717, 1.165) is 67.9 Å². The number of esters is 1. The molecule has 4 atom stereocenters. The van der Waals surface area contributed by atoms with E-state index in [2.05, 4.69) is 12.7 Å². The molecule has 1 aromatic rings. The summed E-state index contributed by atoms with van der Waals surface area (Å²) >= 11 is 0. The fraction of sp³-hybridized carbons (Fsp3) is 0.656. The molecule has 36 heavy (non-hydrogen) atoms. The van der Waals surface area contributed by atoms with Crippen molar-refractivity contribution in [1.29, 1.82) is 0 Å². The monoisotopic (exact) mass is 498 g/mol. The fourth-order valence-electron chi connectivity index (χ4n) is 7.36. The van der Waals surface area contributed by atoms with E-state index in [9.17, 15) is 13.6 Å². The molecular formula is C32H44F2O2. The molecule has 0 amide bonds. The molecule has 0 bridgehead atoms. The topological polar surface area (TPSA) is 26.3 Å². The highest BCUT2D eigenvalue weighted by molar-refractivity contribution is 5.75. The normalized spacial score (nSPS) is 30.6. The number of ether oxygens (including phenoxy) is 1. The Hall–Kier alpha value is -1.97. The van der Waals surface area contributed by atoms with Crippen LogP contribution in [0.25, 0.3) is 0 Å². The molecule has 0 spiro atoms. The maximum atomic E-state index is 14.4. The van der Waals surface area contributed by atoms with Crippen molar-refractivity contribution < 1.29 is 18.3 Å². The Bertz CT molecular complexity index is 892. The highest BCUT2D eigenvalue weighted by Crippen LogP contribution is 2.49. The minimum absolute atomic E-state index is 0.0195. The molecule has 3 saturated carbocycles. The summed E-state index contributed by atoms with van der Waals surface area (Å²) in [5.41, 5.74) is 0.0494. The Kier molecular flexibility index (Phi) is 9.79. The van der Waals surface area contributed by atoms with Crippen LogP contribution in [0.15, 0.2) is 36.9 Å². The third kappa shape index (κ3) is 6.86. The van der Waals surface area contributed by atoms with Gasteiger partial charge in [0, 0.05) is 17.7 Å². The standard InChI is InChI=1S/C32H44F2O2/c1-3-5-7-9-29-30(33)20-28(21-31(29)34)36-32(35)24-14-12-23(13-15-24)26-17-16-25-18-22(8-6-4-2)10-11-27(25)19-26/h3-5,20-27H,2,6-19H2,1H3/b5-3+. The number of hydrogen-bond donors (Lipinski definition) is 0. The summed E-state index contributed by atoms with van der Waals surface area (Å²) in [5.74, 6) is 2.42. The van der Waals surface area contributed by atoms with Gasteiger partial charge in [-0.3, -0.25) is 4.79 Å². The van der Waals surface area contributed by atoms with Crippen molar-refractivity contribution in [3.05, 3.63) is 54.1 Å². The van der Waals surface area contributed by atoms with Crippen molar-refractivity contribution in [2.75, 3.05) is 0 Å². The SMILES string of the molecule is C=CCCC1CCC2CC(C3CCC(C(=O)Oc4cc(F)c(CC/C=C/C)c(F)c4)CC3)CCC2C1. The van der Waals surface area contributed by atoms with Crippen molar-refractivity contribution in [2.45, 2.75) is 96.8 Å². The molecule has 0 radical (unpaired) electrons. The van der Waals surface area contributed by atoms with Crippen LogP contribution in [0.1, 0.15) is 96.0 Å². The summed E-state index contributed by atoms with van der Waals surface area (Å²) in [6, 6.07) is 2.31. The summed E-state index contributed by atoms with van der Waals surface area (Å²) in [5, 5.41) is 0. The Labute approximate surface area is 216 Å². The maximum Gasteiger partial charge on any atom is 0.314 e. The van der Waals surface area contributed by atoms with Crippen LogP contribution in [0.3, 0.4) is 0 Å². The molecule has 3 aliphatic rings. The van der Waals surface area contributed by atoms with Crippen molar-refractivity contribution in [3.63, 3.8) is 0 Å². The van der Waals surface area contributed by atoms with Gasteiger partial charge >= 0.3 is 5.97 Å².